The second-order valence-corrected chi connectivity index (χ2v) is 5.80. The highest BCUT2D eigenvalue weighted by Gasteiger charge is 2.30. The summed E-state index contributed by atoms with van der Waals surface area (Å²) < 4.78 is 5.52. The van der Waals surface area contributed by atoms with Gasteiger partial charge in [-0.05, 0) is 38.2 Å². The minimum absolute atomic E-state index is 0.312. The van der Waals surface area contributed by atoms with Gasteiger partial charge in [-0.3, -0.25) is 4.79 Å². The van der Waals surface area contributed by atoms with Crippen LogP contribution in [0.25, 0.3) is 0 Å². The molecule has 0 aromatic heterocycles. The van der Waals surface area contributed by atoms with Gasteiger partial charge in [0.1, 0.15) is 5.76 Å². The molecule has 0 spiro atoms. The molecule has 0 aliphatic carbocycles. The number of carboxylic acids is 1. The van der Waals surface area contributed by atoms with E-state index in [1.165, 1.54) is 38.5 Å². The number of unbranched alkanes of at least 4 members (excludes halogenated alkanes) is 7. The van der Waals surface area contributed by atoms with Crippen LogP contribution in [0.15, 0.2) is 24.0 Å². The van der Waals surface area contributed by atoms with Gasteiger partial charge in [0.25, 0.3) is 0 Å². The van der Waals surface area contributed by atoms with Gasteiger partial charge >= 0.3 is 5.97 Å². The number of ether oxygens (including phenoxy) is 1. The van der Waals surface area contributed by atoms with Crippen LogP contribution in [0.5, 0.6) is 0 Å². The monoisotopic (exact) mass is 294 g/mol. The molecule has 1 heterocycles. The van der Waals surface area contributed by atoms with E-state index < -0.39 is 5.97 Å². The van der Waals surface area contributed by atoms with E-state index in [0.29, 0.717) is 12.5 Å². The van der Waals surface area contributed by atoms with Gasteiger partial charge in [0.05, 0.1) is 0 Å². The topological polar surface area (TPSA) is 49.8 Å². The highest BCUT2D eigenvalue weighted by molar-refractivity contribution is 5.66. The minimum Gasteiger partial charge on any atom is -0.483 e. The van der Waals surface area contributed by atoms with Crippen molar-refractivity contribution in [1.29, 1.82) is 0 Å². The summed E-state index contributed by atoms with van der Waals surface area (Å²) in [5.41, 5.74) is 0. The van der Waals surface area contributed by atoms with Gasteiger partial charge < -0.3 is 9.84 Å². The zero-order chi connectivity index (χ0) is 15.3. The number of epoxide rings is 1. The average molecular weight is 294 g/mol. The van der Waals surface area contributed by atoms with Gasteiger partial charge in [-0.2, -0.15) is 0 Å². The number of allylic oxidation sites excluding steroid dienone is 3. The number of hydrogen-bond donors (Lipinski definition) is 1. The van der Waals surface area contributed by atoms with Crippen LogP contribution in [0.2, 0.25) is 0 Å². The van der Waals surface area contributed by atoms with Gasteiger partial charge in [-0.15, -0.1) is 0 Å². The third-order valence-electron chi connectivity index (χ3n) is 3.77. The third kappa shape index (κ3) is 10.2. The molecule has 0 radical (unpaired) electrons. The zero-order valence-corrected chi connectivity index (χ0v) is 13.4. The van der Waals surface area contributed by atoms with Crippen LogP contribution in [0.4, 0.5) is 0 Å². The smallest absolute Gasteiger partial charge is 0.303 e. The second-order valence-electron chi connectivity index (χ2n) is 5.80. The Labute approximate surface area is 129 Å². The number of hydrogen-bond acceptors (Lipinski definition) is 2. The number of carbonyl (C=O) groups is 1. The van der Waals surface area contributed by atoms with Crippen molar-refractivity contribution in [1.82, 2.24) is 0 Å². The largest absolute Gasteiger partial charge is 0.483 e. The van der Waals surface area contributed by atoms with E-state index >= 15 is 0 Å². The second kappa shape index (κ2) is 11.4. The lowest BCUT2D eigenvalue weighted by Gasteiger charge is -1.97. The Morgan fingerprint density at radius 1 is 1.14 bits per heavy atom. The first-order valence-electron chi connectivity index (χ1n) is 8.49. The molecule has 1 rings (SSSR count). The quantitative estimate of drug-likeness (QED) is 0.374. The fourth-order valence-electron chi connectivity index (χ4n) is 2.39. The van der Waals surface area contributed by atoms with E-state index in [1.807, 2.05) is 0 Å². The molecule has 1 atom stereocenters. The van der Waals surface area contributed by atoms with E-state index in [9.17, 15) is 4.79 Å². The molecule has 1 unspecified atom stereocenters. The summed E-state index contributed by atoms with van der Waals surface area (Å²) in [6.07, 6.45) is 18.6. The maximum Gasteiger partial charge on any atom is 0.303 e. The SMILES string of the molecule is CCCCCC1O/C1=C/C=C\CCCCCCCC(=O)O. The molecule has 1 fully saturated rings. The summed E-state index contributed by atoms with van der Waals surface area (Å²) in [7, 11) is 0. The van der Waals surface area contributed by atoms with Crippen LogP contribution in [-0.2, 0) is 9.53 Å². The van der Waals surface area contributed by atoms with Gasteiger partial charge in [0.2, 0.25) is 0 Å². The minimum atomic E-state index is -0.679. The van der Waals surface area contributed by atoms with Gasteiger partial charge in [-0.25, -0.2) is 0 Å². The van der Waals surface area contributed by atoms with E-state index in [4.69, 9.17) is 9.84 Å². The van der Waals surface area contributed by atoms with Crippen LogP contribution in [0.3, 0.4) is 0 Å². The number of rotatable bonds is 13. The highest BCUT2D eigenvalue weighted by Crippen LogP contribution is 2.31. The molecule has 3 nitrogen and oxygen atoms in total. The summed E-state index contributed by atoms with van der Waals surface area (Å²) >= 11 is 0. The van der Waals surface area contributed by atoms with Crippen molar-refractivity contribution in [2.45, 2.75) is 83.7 Å². The zero-order valence-electron chi connectivity index (χ0n) is 13.4. The van der Waals surface area contributed by atoms with Crippen molar-refractivity contribution in [2.75, 3.05) is 0 Å². The summed E-state index contributed by atoms with van der Waals surface area (Å²) in [5, 5.41) is 8.52. The van der Waals surface area contributed by atoms with Crippen molar-refractivity contribution < 1.29 is 14.6 Å². The van der Waals surface area contributed by atoms with Crippen LogP contribution < -0.4 is 0 Å². The molecule has 1 aliphatic heterocycles. The van der Waals surface area contributed by atoms with Crippen LogP contribution in [0, 0.1) is 0 Å². The third-order valence-corrected chi connectivity index (χ3v) is 3.77. The first-order chi connectivity index (χ1) is 10.2. The molecule has 1 N–H and O–H groups in total. The lowest BCUT2D eigenvalue weighted by atomic mass is 10.1. The van der Waals surface area contributed by atoms with Crippen LogP contribution in [0.1, 0.15) is 77.6 Å². The summed E-state index contributed by atoms with van der Waals surface area (Å²) in [6.45, 7) is 2.22. The molecule has 0 bridgehead atoms. The molecule has 0 aromatic carbocycles. The maximum absolute atomic E-state index is 10.3. The molecule has 120 valence electrons. The predicted molar refractivity (Wildman–Crippen MR) is 86.2 cm³/mol. The average Bonchev–Trinajstić information content (AvgIpc) is 3.19. The van der Waals surface area contributed by atoms with Gasteiger partial charge in [0.15, 0.2) is 6.10 Å². The Balaban J connectivity index is 1.88. The Morgan fingerprint density at radius 2 is 1.90 bits per heavy atom. The molecule has 1 saturated heterocycles. The fraction of sp³-hybridized carbons (Fsp3) is 0.722. The van der Waals surface area contributed by atoms with E-state index in [2.05, 4.69) is 25.2 Å². The normalized spacial score (nSPS) is 19.1. The predicted octanol–water partition coefficient (Wildman–Crippen LogP) is 5.22. The molecule has 0 aromatic rings. The van der Waals surface area contributed by atoms with Crippen molar-refractivity contribution in [3.63, 3.8) is 0 Å². The molecule has 3 heteroatoms. The Hall–Kier alpha value is -1.25. The summed E-state index contributed by atoms with van der Waals surface area (Å²) in [6, 6.07) is 0. The first kappa shape index (κ1) is 17.8. The van der Waals surface area contributed by atoms with Crippen molar-refractivity contribution in [3.05, 3.63) is 24.0 Å². The number of carboxylic acid groups (broad SMARTS) is 1. The Morgan fingerprint density at radius 3 is 2.67 bits per heavy atom. The van der Waals surface area contributed by atoms with E-state index in [0.717, 1.165) is 31.4 Å². The fourth-order valence-corrected chi connectivity index (χ4v) is 2.39. The molecule has 21 heavy (non-hydrogen) atoms. The van der Waals surface area contributed by atoms with Crippen molar-refractivity contribution >= 4 is 5.97 Å². The maximum atomic E-state index is 10.3. The van der Waals surface area contributed by atoms with Gasteiger partial charge in [0, 0.05) is 6.42 Å². The Bertz CT molecular complexity index is 344. The summed E-state index contributed by atoms with van der Waals surface area (Å²) in [4.78, 5) is 10.3. The lowest BCUT2D eigenvalue weighted by Crippen LogP contribution is -1.93. The molecule has 0 saturated carbocycles. The van der Waals surface area contributed by atoms with Crippen molar-refractivity contribution in [3.8, 4) is 0 Å². The highest BCUT2D eigenvalue weighted by atomic mass is 16.6. The summed E-state index contributed by atoms with van der Waals surface area (Å²) in [5.74, 6) is 0.470. The number of aliphatic carboxylic acids is 1. The molecule has 0 amide bonds. The van der Waals surface area contributed by atoms with E-state index in [1.54, 1.807) is 0 Å². The first-order valence-corrected chi connectivity index (χ1v) is 8.49. The molecular formula is C18H30O3. The molecule has 1 aliphatic rings. The van der Waals surface area contributed by atoms with Crippen molar-refractivity contribution in [2.24, 2.45) is 0 Å². The standard InChI is InChI=1S/C18H30O3/c1-2-3-10-13-16-17(21-16)14-11-8-6-4-5-7-9-12-15-18(19)20/h8,11,14,16H,2-7,9-10,12-13,15H2,1H3,(H,19,20)/b11-8-,17-14+. The molecular weight excluding hydrogens is 264 g/mol. The van der Waals surface area contributed by atoms with E-state index in [-0.39, 0.29) is 0 Å². The Kier molecular flexibility index (Phi) is 9.68. The lowest BCUT2D eigenvalue weighted by molar-refractivity contribution is -0.137. The van der Waals surface area contributed by atoms with Gasteiger partial charge in [-0.1, -0.05) is 51.2 Å². The van der Waals surface area contributed by atoms with Crippen LogP contribution >= 0.6 is 0 Å². The van der Waals surface area contributed by atoms with Crippen LogP contribution in [-0.4, -0.2) is 17.2 Å².